The highest BCUT2D eigenvalue weighted by Gasteiger charge is 2.16. The van der Waals surface area contributed by atoms with Gasteiger partial charge in [-0.15, -0.1) is 0 Å². The maximum atomic E-state index is 12.5. The Morgan fingerprint density at radius 1 is 1.30 bits per heavy atom. The van der Waals surface area contributed by atoms with Crippen LogP contribution in [0.3, 0.4) is 0 Å². The number of nitrogens with zero attached hydrogens (tertiary/aromatic N) is 1. The van der Waals surface area contributed by atoms with Gasteiger partial charge in [0.1, 0.15) is 0 Å². The van der Waals surface area contributed by atoms with Crippen LogP contribution in [0.2, 0.25) is 5.02 Å². The molecule has 106 valence electrons. The van der Waals surface area contributed by atoms with E-state index in [9.17, 15) is 4.79 Å². The molecule has 0 saturated heterocycles. The van der Waals surface area contributed by atoms with Crippen molar-refractivity contribution in [3.05, 3.63) is 57.2 Å². The van der Waals surface area contributed by atoms with E-state index in [2.05, 4.69) is 5.38 Å². The molecule has 0 unspecified atom stereocenters. The van der Waals surface area contributed by atoms with Gasteiger partial charge in [0.2, 0.25) is 0 Å². The van der Waals surface area contributed by atoms with E-state index in [-0.39, 0.29) is 5.91 Å². The molecule has 0 fully saturated rings. The number of carbonyl (C=O) groups is 1. The van der Waals surface area contributed by atoms with E-state index in [1.165, 1.54) is 0 Å². The summed E-state index contributed by atoms with van der Waals surface area (Å²) in [4.78, 5) is 14.3. The number of carbonyl (C=O) groups excluding carboxylic acids is 1. The molecule has 1 amide bonds. The van der Waals surface area contributed by atoms with Gasteiger partial charge < -0.3 is 9.64 Å². The third-order valence-corrected chi connectivity index (χ3v) is 3.88. The minimum Gasteiger partial charge on any atom is -0.383 e. The zero-order chi connectivity index (χ0) is 14.4. The average Bonchev–Trinajstić information content (AvgIpc) is 2.96. The van der Waals surface area contributed by atoms with Crippen molar-refractivity contribution in [3.63, 3.8) is 0 Å². The molecule has 0 radical (unpaired) electrons. The summed E-state index contributed by atoms with van der Waals surface area (Å²) < 4.78 is 5.08. The van der Waals surface area contributed by atoms with Gasteiger partial charge >= 0.3 is 0 Å². The van der Waals surface area contributed by atoms with Gasteiger partial charge in [-0.05, 0) is 46.7 Å². The second-order valence-electron chi connectivity index (χ2n) is 4.36. The largest absolute Gasteiger partial charge is 0.383 e. The van der Waals surface area contributed by atoms with Crippen LogP contribution in [0.4, 0.5) is 0 Å². The SMILES string of the molecule is COCCN(Cc1ccsc1)C(=O)c1ccc(Cl)cc1. The van der Waals surface area contributed by atoms with E-state index in [1.807, 2.05) is 11.4 Å². The third kappa shape index (κ3) is 4.07. The fourth-order valence-electron chi connectivity index (χ4n) is 1.83. The maximum absolute atomic E-state index is 12.5. The van der Waals surface area contributed by atoms with Gasteiger partial charge in [-0.2, -0.15) is 11.3 Å². The normalized spacial score (nSPS) is 10.5. The number of hydrogen-bond acceptors (Lipinski definition) is 3. The van der Waals surface area contributed by atoms with Crippen LogP contribution in [0, 0.1) is 0 Å². The van der Waals surface area contributed by atoms with E-state index >= 15 is 0 Å². The summed E-state index contributed by atoms with van der Waals surface area (Å²) in [6.45, 7) is 1.67. The zero-order valence-corrected chi connectivity index (χ0v) is 12.8. The van der Waals surface area contributed by atoms with Crippen molar-refractivity contribution >= 4 is 28.8 Å². The molecule has 2 aromatic rings. The van der Waals surface area contributed by atoms with Crippen molar-refractivity contribution in [1.82, 2.24) is 4.90 Å². The van der Waals surface area contributed by atoms with Crippen LogP contribution in [-0.4, -0.2) is 31.1 Å². The molecule has 0 atom stereocenters. The molecule has 3 nitrogen and oxygen atoms in total. The second kappa shape index (κ2) is 7.43. The van der Waals surface area contributed by atoms with Crippen LogP contribution in [0.15, 0.2) is 41.1 Å². The van der Waals surface area contributed by atoms with Gasteiger partial charge in [-0.1, -0.05) is 11.6 Å². The Morgan fingerprint density at radius 3 is 2.65 bits per heavy atom. The first-order valence-corrected chi connectivity index (χ1v) is 7.57. The number of ether oxygens (including phenoxy) is 1. The van der Waals surface area contributed by atoms with E-state index in [0.717, 1.165) is 5.56 Å². The van der Waals surface area contributed by atoms with Crippen LogP contribution in [0.1, 0.15) is 15.9 Å². The van der Waals surface area contributed by atoms with E-state index < -0.39 is 0 Å². The number of halogens is 1. The summed E-state index contributed by atoms with van der Waals surface area (Å²) in [7, 11) is 1.63. The predicted molar refractivity (Wildman–Crippen MR) is 82.4 cm³/mol. The smallest absolute Gasteiger partial charge is 0.254 e. The summed E-state index contributed by atoms with van der Waals surface area (Å²) in [5, 5.41) is 4.69. The summed E-state index contributed by atoms with van der Waals surface area (Å²) >= 11 is 7.48. The molecule has 0 saturated carbocycles. The maximum Gasteiger partial charge on any atom is 0.254 e. The van der Waals surface area contributed by atoms with Crippen LogP contribution < -0.4 is 0 Å². The highest BCUT2D eigenvalue weighted by Crippen LogP contribution is 2.15. The Hall–Kier alpha value is -1.36. The molecule has 0 bridgehead atoms. The number of rotatable bonds is 6. The molecule has 0 aliphatic heterocycles. The first-order valence-electron chi connectivity index (χ1n) is 6.25. The fraction of sp³-hybridized carbons (Fsp3) is 0.267. The molecule has 1 aromatic heterocycles. The van der Waals surface area contributed by atoms with Crippen LogP contribution >= 0.6 is 22.9 Å². The van der Waals surface area contributed by atoms with Gasteiger partial charge in [0.25, 0.3) is 5.91 Å². The lowest BCUT2D eigenvalue weighted by molar-refractivity contribution is 0.0680. The lowest BCUT2D eigenvalue weighted by atomic mass is 10.2. The van der Waals surface area contributed by atoms with Crippen molar-refractivity contribution in [2.24, 2.45) is 0 Å². The van der Waals surface area contributed by atoms with Crippen molar-refractivity contribution in [1.29, 1.82) is 0 Å². The van der Waals surface area contributed by atoms with Gasteiger partial charge in [0, 0.05) is 30.8 Å². The molecule has 1 heterocycles. The fourth-order valence-corrected chi connectivity index (χ4v) is 2.62. The number of methoxy groups -OCH3 is 1. The van der Waals surface area contributed by atoms with Gasteiger partial charge in [-0.25, -0.2) is 0 Å². The van der Waals surface area contributed by atoms with E-state index in [0.29, 0.717) is 30.3 Å². The molecular weight excluding hydrogens is 294 g/mol. The lowest BCUT2D eigenvalue weighted by Gasteiger charge is -2.22. The van der Waals surface area contributed by atoms with Crippen molar-refractivity contribution < 1.29 is 9.53 Å². The van der Waals surface area contributed by atoms with E-state index in [4.69, 9.17) is 16.3 Å². The molecule has 2 rings (SSSR count). The molecule has 0 N–H and O–H groups in total. The quantitative estimate of drug-likeness (QED) is 0.814. The Morgan fingerprint density at radius 2 is 2.05 bits per heavy atom. The Kier molecular flexibility index (Phi) is 5.59. The second-order valence-corrected chi connectivity index (χ2v) is 5.57. The molecular formula is C15H16ClNO2S. The number of amides is 1. The molecule has 5 heteroatoms. The molecule has 20 heavy (non-hydrogen) atoms. The summed E-state index contributed by atoms with van der Waals surface area (Å²) in [5.74, 6) is -0.00934. The molecule has 0 aliphatic rings. The summed E-state index contributed by atoms with van der Waals surface area (Å²) in [6, 6.07) is 8.98. The zero-order valence-electron chi connectivity index (χ0n) is 11.2. The van der Waals surface area contributed by atoms with Crippen molar-refractivity contribution in [2.45, 2.75) is 6.54 Å². The first-order chi connectivity index (χ1) is 9.70. The van der Waals surface area contributed by atoms with Gasteiger partial charge in [0.05, 0.1) is 6.61 Å². The average molecular weight is 310 g/mol. The minimum atomic E-state index is -0.00934. The molecule has 0 aliphatic carbocycles. The van der Waals surface area contributed by atoms with Crippen molar-refractivity contribution in [2.75, 3.05) is 20.3 Å². The van der Waals surface area contributed by atoms with Gasteiger partial charge in [0.15, 0.2) is 0 Å². The highest BCUT2D eigenvalue weighted by molar-refractivity contribution is 7.07. The van der Waals surface area contributed by atoms with E-state index in [1.54, 1.807) is 47.6 Å². The predicted octanol–water partition coefficient (Wildman–Crippen LogP) is 3.69. The number of hydrogen-bond donors (Lipinski definition) is 0. The monoisotopic (exact) mass is 309 g/mol. The lowest BCUT2D eigenvalue weighted by Crippen LogP contribution is -2.33. The first kappa shape index (κ1) is 15.0. The Labute approximate surface area is 127 Å². The topological polar surface area (TPSA) is 29.5 Å². The number of benzene rings is 1. The van der Waals surface area contributed by atoms with Crippen LogP contribution in [0.5, 0.6) is 0 Å². The van der Waals surface area contributed by atoms with Crippen molar-refractivity contribution in [3.8, 4) is 0 Å². The van der Waals surface area contributed by atoms with Crippen LogP contribution in [-0.2, 0) is 11.3 Å². The summed E-state index contributed by atoms with van der Waals surface area (Å²) in [5.41, 5.74) is 1.77. The van der Waals surface area contributed by atoms with Gasteiger partial charge in [-0.3, -0.25) is 4.79 Å². The Bertz CT molecular complexity index is 540. The Balaban J connectivity index is 2.12. The molecule has 0 spiro atoms. The highest BCUT2D eigenvalue weighted by atomic mass is 35.5. The standard InChI is InChI=1S/C15H16ClNO2S/c1-19-8-7-17(10-12-6-9-20-11-12)15(18)13-2-4-14(16)5-3-13/h2-6,9,11H,7-8,10H2,1H3. The minimum absolute atomic E-state index is 0.00934. The third-order valence-electron chi connectivity index (χ3n) is 2.90. The van der Waals surface area contributed by atoms with Crippen LogP contribution in [0.25, 0.3) is 0 Å². The molecule has 1 aromatic carbocycles. The number of thiophene rings is 1. The summed E-state index contributed by atoms with van der Waals surface area (Å²) in [6.07, 6.45) is 0.